The van der Waals surface area contributed by atoms with E-state index in [2.05, 4.69) is 34.9 Å². The Morgan fingerprint density at radius 2 is 1.88 bits per heavy atom. The number of hydrogen-bond acceptors (Lipinski definition) is 8. The number of amides is 1. The number of fused-ring (bicyclic) bond motifs is 1. The maximum atomic E-state index is 13.0. The first-order valence-electron chi connectivity index (χ1n) is 12.9. The molecule has 2 aliphatic rings. The number of halogens is 3. The molecule has 11 nitrogen and oxygen atoms in total. The largest absolute Gasteiger partial charge is 0.451 e. The lowest BCUT2D eigenvalue weighted by molar-refractivity contribution is -0.145. The first-order valence-corrected chi connectivity index (χ1v) is 12.9. The Morgan fingerprint density at radius 1 is 1.10 bits per heavy atom. The van der Waals surface area contributed by atoms with Crippen LogP contribution >= 0.6 is 0 Å². The van der Waals surface area contributed by atoms with Crippen molar-refractivity contribution >= 4 is 22.7 Å². The third-order valence-electron chi connectivity index (χ3n) is 7.75. The monoisotopic (exact) mass is 553 g/mol. The predicted molar refractivity (Wildman–Crippen MR) is 136 cm³/mol. The van der Waals surface area contributed by atoms with E-state index in [0.29, 0.717) is 45.4 Å². The van der Waals surface area contributed by atoms with Crippen molar-refractivity contribution in [2.45, 2.75) is 43.9 Å². The number of ketones is 1. The van der Waals surface area contributed by atoms with Crippen LogP contribution in [0, 0.1) is 0 Å². The molecule has 4 aromatic heterocycles. The molecule has 1 aliphatic heterocycles. The van der Waals surface area contributed by atoms with Crippen LogP contribution in [0.2, 0.25) is 0 Å². The van der Waals surface area contributed by atoms with Crippen molar-refractivity contribution in [2.24, 2.45) is 0 Å². The van der Waals surface area contributed by atoms with Crippen LogP contribution in [-0.4, -0.2) is 88.4 Å². The third kappa shape index (κ3) is 4.72. The number of carbonyl (C=O) groups is 2. The fourth-order valence-corrected chi connectivity index (χ4v) is 5.82. The standard InChI is InChI=1S/C26H26F3N9O2/c1-16(39)10-25(38-14-17(13-34-38)21-19-2-4-30-22(19)33-15-32-21)11-18(12-25)36-6-8-37(9-7-36)23(40)20-3-5-31-24(35-20)26(27,28)29/h2-5,13-15,18H,6-12H2,1H3,(H,30,32,33)/t18-,25-. The second-order valence-corrected chi connectivity index (χ2v) is 10.4. The summed E-state index contributed by atoms with van der Waals surface area (Å²) in [5.41, 5.74) is 1.61. The van der Waals surface area contributed by atoms with E-state index < -0.39 is 23.4 Å². The minimum atomic E-state index is -4.72. The zero-order valence-corrected chi connectivity index (χ0v) is 21.6. The highest BCUT2D eigenvalue weighted by Gasteiger charge is 2.50. The van der Waals surface area contributed by atoms with Crippen LogP contribution in [0.5, 0.6) is 0 Å². The van der Waals surface area contributed by atoms with Crippen LogP contribution in [0.15, 0.2) is 43.2 Å². The predicted octanol–water partition coefficient (Wildman–Crippen LogP) is 2.93. The molecule has 0 spiro atoms. The first kappa shape index (κ1) is 26.0. The van der Waals surface area contributed by atoms with E-state index in [1.54, 1.807) is 13.1 Å². The molecule has 14 heteroatoms. The molecule has 0 bridgehead atoms. The second-order valence-electron chi connectivity index (χ2n) is 10.4. The molecule has 1 saturated heterocycles. The van der Waals surface area contributed by atoms with Gasteiger partial charge < -0.3 is 9.88 Å². The molecule has 1 amide bonds. The van der Waals surface area contributed by atoms with Gasteiger partial charge in [0.15, 0.2) is 0 Å². The molecule has 0 atom stereocenters. The van der Waals surface area contributed by atoms with Gasteiger partial charge in [0.05, 0.1) is 17.4 Å². The maximum Gasteiger partial charge on any atom is 0.451 e. The Hall–Kier alpha value is -4.20. The lowest BCUT2D eigenvalue weighted by Gasteiger charge is -2.53. The summed E-state index contributed by atoms with van der Waals surface area (Å²) in [5.74, 6) is -1.80. The summed E-state index contributed by atoms with van der Waals surface area (Å²) in [6.45, 7) is 3.45. The Balaban J connectivity index is 1.12. The van der Waals surface area contributed by atoms with Gasteiger partial charge in [0.1, 0.15) is 23.5 Å². The van der Waals surface area contributed by atoms with E-state index in [9.17, 15) is 22.8 Å². The summed E-state index contributed by atoms with van der Waals surface area (Å²) in [6, 6.07) is 3.31. The normalized spacial score (nSPS) is 21.9. The van der Waals surface area contributed by atoms with E-state index in [-0.39, 0.29) is 17.5 Å². The zero-order chi connectivity index (χ0) is 28.1. The Bertz CT molecular complexity index is 1570. The number of nitrogens with one attached hydrogen (secondary N) is 1. The molecule has 0 radical (unpaired) electrons. The van der Waals surface area contributed by atoms with Gasteiger partial charge in [-0.1, -0.05) is 0 Å². The SMILES string of the molecule is CC(=O)C[C@]1(n2cc(-c3ncnc4[nH]ccc34)cn2)C[C@H](N2CCN(C(=O)c3ccnc(C(F)(F)F)n3)CC2)C1. The number of Topliss-reactive ketones (excluding diaryl/α,β-unsaturated/α-hetero) is 1. The van der Waals surface area contributed by atoms with Crippen molar-refractivity contribution in [1.29, 1.82) is 0 Å². The number of carbonyl (C=O) groups excluding carboxylic acids is 2. The van der Waals surface area contributed by atoms with Crippen LogP contribution in [0.3, 0.4) is 0 Å². The lowest BCUT2D eigenvalue weighted by atomic mass is 9.69. The summed E-state index contributed by atoms with van der Waals surface area (Å²) in [4.78, 5) is 47.3. The van der Waals surface area contributed by atoms with E-state index in [1.807, 2.05) is 23.1 Å². The van der Waals surface area contributed by atoms with Gasteiger partial charge in [0.25, 0.3) is 5.91 Å². The molecule has 208 valence electrons. The highest BCUT2D eigenvalue weighted by Crippen LogP contribution is 2.45. The average Bonchev–Trinajstić information content (AvgIpc) is 3.60. The van der Waals surface area contributed by atoms with Gasteiger partial charge >= 0.3 is 6.18 Å². The number of aromatic amines is 1. The minimum Gasteiger partial charge on any atom is -0.346 e. The van der Waals surface area contributed by atoms with Crippen molar-refractivity contribution in [3.8, 4) is 11.3 Å². The highest BCUT2D eigenvalue weighted by atomic mass is 19.4. The molecule has 40 heavy (non-hydrogen) atoms. The van der Waals surface area contributed by atoms with Crippen molar-refractivity contribution < 1.29 is 22.8 Å². The number of alkyl halides is 3. The van der Waals surface area contributed by atoms with Crippen LogP contribution in [0.25, 0.3) is 22.3 Å². The van der Waals surface area contributed by atoms with Gasteiger partial charge in [-0.05, 0) is 31.9 Å². The molecule has 0 aromatic carbocycles. The number of piperazine rings is 1. The van der Waals surface area contributed by atoms with Crippen molar-refractivity contribution in [3.05, 3.63) is 54.8 Å². The average molecular weight is 554 g/mol. The van der Waals surface area contributed by atoms with Gasteiger partial charge in [-0.2, -0.15) is 18.3 Å². The molecule has 1 aliphatic carbocycles. The Morgan fingerprint density at radius 3 is 2.60 bits per heavy atom. The van der Waals surface area contributed by atoms with Crippen molar-refractivity contribution in [1.82, 2.24) is 44.5 Å². The van der Waals surface area contributed by atoms with Crippen molar-refractivity contribution in [2.75, 3.05) is 26.2 Å². The summed E-state index contributed by atoms with van der Waals surface area (Å²) in [6.07, 6.45) is 5.01. The van der Waals surface area contributed by atoms with E-state index in [4.69, 9.17) is 0 Å². The highest BCUT2D eigenvalue weighted by molar-refractivity contribution is 5.92. The molecule has 1 N–H and O–H groups in total. The summed E-state index contributed by atoms with van der Waals surface area (Å²) in [7, 11) is 0. The quantitative estimate of drug-likeness (QED) is 0.386. The smallest absolute Gasteiger partial charge is 0.346 e. The number of nitrogens with zero attached hydrogens (tertiary/aromatic N) is 8. The van der Waals surface area contributed by atoms with Gasteiger partial charge in [-0.25, -0.2) is 19.9 Å². The molecule has 1 saturated carbocycles. The summed E-state index contributed by atoms with van der Waals surface area (Å²) >= 11 is 0. The molecule has 4 aromatic rings. The number of H-pyrrole nitrogens is 1. The third-order valence-corrected chi connectivity index (χ3v) is 7.75. The van der Waals surface area contributed by atoms with E-state index >= 15 is 0 Å². The number of hydrogen-bond donors (Lipinski definition) is 1. The van der Waals surface area contributed by atoms with Crippen molar-refractivity contribution in [3.63, 3.8) is 0 Å². The molecule has 0 unspecified atom stereocenters. The number of aromatic nitrogens is 7. The van der Waals surface area contributed by atoms with Gasteiger partial charge in [-0.3, -0.25) is 19.2 Å². The molecule has 6 rings (SSSR count). The van der Waals surface area contributed by atoms with Crippen LogP contribution in [0.4, 0.5) is 13.2 Å². The maximum absolute atomic E-state index is 13.0. The van der Waals surface area contributed by atoms with Crippen LogP contribution in [0.1, 0.15) is 42.5 Å². The fourth-order valence-electron chi connectivity index (χ4n) is 5.82. The summed E-state index contributed by atoms with van der Waals surface area (Å²) < 4.78 is 40.8. The first-order chi connectivity index (χ1) is 19.1. The van der Waals surface area contributed by atoms with Crippen LogP contribution in [-0.2, 0) is 16.5 Å². The Kier molecular flexibility index (Phi) is 6.36. The molecule has 5 heterocycles. The lowest BCUT2D eigenvalue weighted by Crippen LogP contribution is -2.61. The second kappa shape index (κ2) is 9.77. The molecular formula is C26H26F3N9O2. The minimum absolute atomic E-state index is 0.0732. The topological polar surface area (TPSA) is 126 Å². The Labute approximate surface area is 226 Å². The van der Waals surface area contributed by atoms with Gasteiger partial charge in [0, 0.05) is 68.2 Å². The fraction of sp³-hybridized carbons (Fsp3) is 0.423. The zero-order valence-electron chi connectivity index (χ0n) is 21.6. The number of rotatable bonds is 6. The van der Waals surface area contributed by atoms with Gasteiger partial charge in [-0.15, -0.1) is 0 Å². The summed E-state index contributed by atoms with van der Waals surface area (Å²) in [5, 5.41) is 5.52. The molecular weight excluding hydrogens is 527 g/mol. The van der Waals surface area contributed by atoms with Crippen LogP contribution < -0.4 is 0 Å². The van der Waals surface area contributed by atoms with E-state index in [1.165, 1.54) is 17.3 Å². The van der Waals surface area contributed by atoms with Gasteiger partial charge in [0.2, 0.25) is 5.82 Å². The molecule has 2 fully saturated rings. The van der Waals surface area contributed by atoms with E-state index in [0.717, 1.165) is 28.5 Å².